The molecule has 2 aromatic carbocycles. The molecule has 25 heavy (non-hydrogen) atoms. The molecule has 0 aliphatic heterocycles. The summed E-state index contributed by atoms with van der Waals surface area (Å²) in [5.41, 5.74) is 8.10. The van der Waals surface area contributed by atoms with Crippen molar-refractivity contribution in [3.05, 3.63) is 88.7 Å². The highest BCUT2D eigenvalue weighted by molar-refractivity contribution is 6.04. The number of rotatable bonds is 3. The maximum absolute atomic E-state index is 13.0. The second kappa shape index (κ2) is 5.83. The van der Waals surface area contributed by atoms with Gasteiger partial charge in [-0.25, -0.2) is 4.79 Å². The van der Waals surface area contributed by atoms with Crippen molar-refractivity contribution in [2.24, 2.45) is 0 Å². The summed E-state index contributed by atoms with van der Waals surface area (Å²) in [7, 11) is 0. The third-order valence-corrected chi connectivity index (χ3v) is 4.23. The highest BCUT2D eigenvalue weighted by Gasteiger charge is 2.19. The van der Waals surface area contributed by atoms with Gasteiger partial charge in [0.05, 0.1) is 17.7 Å². The van der Waals surface area contributed by atoms with Crippen LogP contribution in [-0.4, -0.2) is 20.0 Å². The molecule has 6 nitrogen and oxygen atoms in total. The van der Waals surface area contributed by atoms with Crippen molar-refractivity contribution in [3.63, 3.8) is 0 Å². The zero-order chi connectivity index (χ0) is 17.4. The SMILES string of the molecule is Nc1cccc2ccn(C(=O)c3c[nH]c(=O)n3Cc3ccccc3)c12. The van der Waals surface area contributed by atoms with Gasteiger partial charge in [0.2, 0.25) is 0 Å². The number of H-pyrrole nitrogens is 1. The summed E-state index contributed by atoms with van der Waals surface area (Å²) in [6.07, 6.45) is 3.12. The smallest absolute Gasteiger partial charge is 0.326 e. The Bertz CT molecular complexity index is 1120. The first-order valence-corrected chi connectivity index (χ1v) is 7.87. The average Bonchev–Trinajstić information content (AvgIpc) is 3.21. The molecule has 124 valence electrons. The predicted octanol–water partition coefficient (Wildman–Crippen LogP) is 2.45. The molecule has 0 saturated heterocycles. The van der Waals surface area contributed by atoms with E-state index < -0.39 is 0 Å². The van der Waals surface area contributed by atoms with Crippen LogP contribution in [0.3, 0.4) is 0 Å². The minimum absolute atomic E-state index is 0.287. The molecular weight excluding hydrogens is 316 g/mol. The van der Waals surface area contributed by atoms with Crippen molar-refractivity contribution in [3.8, 4) is 0 Å². The fraction of sp³-hybridized carbons (Fsp3) is 0.0526. The van der Waals surface area contributed by atoms with Gasteiger partial charge in [-0.05, 0) is 17.7 Å². The Morgan fingerprint density at radius 2 is 1.84 bits per heavy atom. The Labute approximate surface area is 143 Å². The molecule has 0 radical (unpaired) electrons. The third-order valence-electron chi connectivity index (χ3n) is 4.23. The third kappa shape index (κ3) is 2.53. The Morgan fingerprint density at radius 1 is 1.04 bits per heavy atom. The largest absolute Gasteiger partial charge is 0.397 e. The molecule has 0 aliphatic rings. The van der Waals surface area contributed by atoms with E-state index in [0.717, 1.165) is 10.9 Å². The zero-order valence-corrected chi connectivity index (χ0v) is 13.3. The van der Waals surface area contributed by atoms with Crippen LogP contribution in [0.2, 0.25) is 0 Å². The molecule has 0 amide bonds. The fourth-order valence-electron chi connectivity index (χ4n) is 3.01. The normalized spacial score (nSPS) is 11.0. The second-order valence-corrected chi connectivity index (χ2v) is 5.83. The number of benzene rings is 2. The standard InChI is InChI=1S/C19H16N4O2/c20-15-8-4-7-14-9-10-22(17(14)15)18(24)16-11-21-19(25)23(16)12-13-5-2-1-3-6-13/h1-11H,12,20H2,(H,21,25). The van der Waals surface area contributed by atoms with Crippen LogP contribution >= 0.6 is 0 Å². The number of fused-ring (bicyclic) bond motifs is 1. The lowest BCUT2D eigenvalue weighted by molar-refractivity contribution is 0.0956. The first-order chi connectivity index (χ1) is 12.1. The Kier molecular flexibility index (Phi) is 3.50. The number of nitrogens with zero attached hydrogens (tertiary/aromatic N) is 2. The summed E-state index contributed by atoms with van der Waals surface area (Å²) >= 11 is 0. The Balaban J connectivity index is 1.80. The molecule has 2 aromatic heterocycles. The molecule has 4 aromatic rings. The van der Waals surface area contributed by atoms with Crippen LogP contribution < -0.4 is 11.4 Å². The quantitative estimate of drug-likeness (QED) is 0.565. The first-order valence-electron chi connectivity index (χ1n) is 7.87. The van der Waals surface area contributed by atoms with Gasteiger partial charge in [-0.2, -0.15) is 0 Å². The van der Waals surface area contributed by atoms with Gasteiger partial charge >= 0.3 is 5.69 Å². The van der Waals surface area contributed by atoms with Gasteiger partial charge in [-0.15, -0.1) is 0 Å². The zero-order valence-electron chi connectivity index (χ0n) is 13.3. The number of carbonyl (C=O) groups excluding carboxylic acids is 1. The van der Waals surface area contributed by atoms with Crippen LogP contribution in [0.4, 0.5) is 5.69 Å². The van der Waals surface area contributed by atoms with Gasteiger partial charge in [0.25, 0.3) is 5.91 Å². The Morgan fingerprint density at radius 3 is 2.64 bits per heavy atom. The monoisotopic (exact) mass is 332 g/mol. The Hall–Kier alpha value is -3.54. The van der Waals surface area contributed by atoms with Crippen LogP contribution in [0.1, 0.15) is 16.1 Å². The maximum Gasteiger partial charge on any atom is 0.326 e. The van der Waals surface area contributed by atoms with E-state index in [1.807, 2.05) is 48.5 Å². The van der Waals surface area contributed by atoms with E-state index in [0.29, 0.717) is 17.7 Å². The number of imidazole rings is 1. The number of carbonyl (C=O) groups is 1. The van der Waals surface area contributed by atoms with Gasteiger partial charge in [0.1, 0.15) is 5.69 Å². The van der Waals surface area contributed by atoms with Gasteiger partial charge in [0.15, 0.2) is 0 Å². The van der Waals surface area contributed by atoms with Crippen molar-refractivity contribution in [2.45, 2.75) is 6.54 Å². The molecule has 6 heteroatoms. The molecule has 2 heterocycles. The number of aromatic nitrogens is 3. The molecule has 0 aliphatic carbocycles. The number of hydrogen-bond donors (Lipinski definition) is 2. The van der Waals surface area contributed by atoms with Crippen molar-refractivity contribution >= 4 is 22.5 Å². The topological polar surface area (TPSA) is 85.8 Å². The van der Waals surface area contributed by atoms with Gasteiger partial charge < -0.3 is 10.7 Å². The van der Waals surface area contributed by atoms with E-state index in [1.54, 1.807) is 12.3 Å². The van der Waals surface area contributed by atoms with Crippen molar-refractivity contribution in [1.82, 2.24) is 14.1 Å². The van der Waals surface area contributed by atoms with E-state index in [9.17, 15) is 9.59 Å². The lowest BCUT2D eigenvalue weighted by Crippen LogP contribution is -2.24. The minimum Gasteiger partial charge on any atom is -0.397 e. The van der Waals surface area contributed by atoms with E-state index in [1.165, 1.54) is 15.3 Å². The molecule has 0 spiro atoms. The molecule has 0 fully saturated rings. The fourth-order valence-corrected chi connectivity index (χ4v) is 3.01. The van der Waals surface area contributed by atoms with Crippen molar-refractivity contribution in [2.75, 3.05) is 5.73 Å². The van der Waals surface area contributed by atoms with Crippen molar-refractivity contribution < 1.29 is 4.79 Å². The summed E-state index contributed by atoms with van der Waals surface area (Å²) in [5, 5.41) is 0.876. The van der Waals surface area contributed by atoms with Gasteiger partial charge in [0, 0.05) is 17.8 Å². The van der Waals surface area contributed by atoms with Crippen LogP contribution in [0.25, 0.3) is 10.9 Å². The number of aromatic amines is 1. The lowest BCUT2D eigenvalue weighted by atomic mass is 10.2. The van der Waals surface area contributed by atoms with E-state index in [4.69, 9.17) is 5.73 Å². The average molecular weight is 332 g/mol. The second-order valence-electron chi connectivity index (χ2n) is 5.83. The number of nitrogens with two attached hydrogens (primary N) is 1. The lowest BCUT2D eigenvalue weighted by Gasteiger charge is -2.09. The summed E-state index contributed by atoms with van der Waals surface area (Å²) in [5.74, 6) is -0.304. The van der Waals surface area contributed by atoms with Crippen LogP contribution in [0.15, 0.2) is 71.8 Å². The number of para-hydroxylation sites is 1. The van der Waals surface area contributed by atoms with E-state index in [-0.39, 0.29) is 17.3 Å². The number of anilines is 1. The molecule has 0 saturated carbocycles. The summed E-state index contributed by atoms with van der Waals surface area (Å²) in [6, 6.07) is 16.8. The molecular formula is C19H16N4O2. The first kappa shape index (κ1) is 15.0. The predicted molar refractivity (Wildman–Crippen MR) is 96.7 cm³/mol. The van der Waals surface area contributed by atoms with Crippen LogP contribution in [-0.2, 0) is 6.54 Å². The highest BCUT2D eigenvalue weighted by atomic mass is 16.2. The minimum atomic E-state index is -0.323. The molecule has 3 N–H and O–H groups in total. The van der Waals surface area contributed by atoms with E-state index in [2.05, 4.69) is 4.98 Å². The molecule has 0 unspecified atom stereocenters. The maximum atomic E-state index is 13.0. The molecule has 4 rings (SSSR count). The number of nitrogen functional groups attached to an aromatic ring is 1. The highest BCUT2D eigenvalue weighted by Crippen LogP contribution is 2.23. The molecule has 0 bridgehead atoms. The van der Waals surface area contributed by atoms with Crippen LogP contribution in [0, 0.1) is 0 Å². The van der Waals surface area contributed by atoms with Crippen molar-refractivity contribution in [1.29, 1.82) is 0 Å². The summed E-state index contributed by atoms with van der Waals surface area (Å²) in [6.45, 7) is 0.318. The number of hydrogen-bond acceptors (Lipinski definition) is 3. The van der Waals surface area contributed by atoms with Crippen LogP contribution in [0.5, 0.6) is 0 Å². The summed E-state index contributed by atoms with van der Waals surface area (Å²) < 4.78 is 2.91. The number of nitrogens with one attached hydrogen (secondary N) is 1. The summed E-state index contributed by atoms with van der Waals surface area (Å²) in [4.78, 5) is 27.8. The molecule has 0 atom stereocenters. The van der Waals surface area contributed by atoms with E-state index >= 15 is 0 Å². The van der Waals surface area contributed by atoms with Gasteiger partial charge in [-0.3, -0.25) is 13.9 Å². The van der Waals surface area contributed by atoms with Gasteiger partial charge in [-0.1, -0.05) is 42.5 Å².